The van der Waals surface area contributed by atoms with Gasteiger partial charge in [0.15, 0.2) is 5.84 Å². The molecule has 1 amide bonds. The van der Waals surface area contributed by atoms with Crippen molar-refractivity contribution in [2.24, 2.45) is 22.2 Å². The molecule has 1 unspecified atom stereocenters. The number of oxime groups is 1. The Labute approximate surface area is 130 Å². The number of nitrogens with zero attached hydrogens (tertiary/aromatic N) is 1. The van der Waals surface area contributed by atoms with Crippen molar-refractivity contribution in [1.82, 2.24) is 0 Å². The van der Waals surface area contributed by atoms with Crippen LogP contribution in [0.1, 0.15) is 39.7 Å². The molecule has 0 aromatic heterocycles. The van der Waals surface area contributed by atoms with E-state index in [2.05, 4.69) is 31.2 Å². The molecule has 1 rings (SSSR count). The average molecular weight is 312 g/mol. The van der Waals surface area contributed by atoms with Crippen molar-refractivity contribution in [3.63, 3.8) is 0 Å². The lowest BCUT2D eigenvalue weighted by atomic mass is 9.80. The van der Waals surface area contributed by atoms with Crippen molar-refractivity contribution >= 4 is 29.0 Å². The molecule has 0 heterocycles. The topological polar surface area (TPSA) is 87.7 Å². The molecular weight excluding hydrogens is 290 g/mol. The number of carbonyl (C=O) groups excluding carboxylic acids is 1. The van der Waals surface area contributed by atoms with Crippen molar-refractivity contribution < 1.29 is 10.0 Å². The molecule has 1 atom stereocenters. The van der Waals surface area contributed by atoms with E-state index in [1.54, 1.807) is 18.2 Å². The summed E-state index contributed by atoms with van der Waals surface area (Å²) in [5.74, 6) is 0.125. The van der Waals surface area contributed by atoms with Crippen molar-refractivity contribution in [1.29, 1.82) is 0 Å². The molecule has 0 saturated carbocycles. The van der Waals surface area contributed by atoms with Crippen molar-refractivity contribution in [2.45, 2.75) is 34.1 Å². The van der Waals surface area contributed by atoms with Gasteiger partial charge in [0.25, 0.3) is 0 Å². The SMILES string of the molecule is CC(CC(=O)Nc1ccc(/C(N)=N/O)cc1Cl)C(C)(C)C. The number of hydrogen-bond acceptors (Lipinski definition) is 3. The van der Waals surface area contributed by atoms with Gasteiger partial charge in [-0.15, -0.1) is 0 Å². The first-order valence-corrected chi connectivity index (χ1v) is 7.10. The molecule has 6 heteroatoms. The van der Waals surface area contributed by atoms with E-state index in [1.807, 2.05) is 6.92 Å². The molecule has 1 aromatic carbocycles. The van der Waals surface area contributed by atoms with E-state index in [-0.39, 0.29) is 23.1 Å². The monoisotopic (exact) mass is 311 g/mol. The van der Waals surface area contributed by atoms with Crippen LogP contribution in [0.5, 0.6) is 0 Å². The summed E-state index contributed by atoms with van der Waals surface area (Å²) in [6.07, 6.45) is 0.418. The third-order valence-electron chi connectivity index (χ3n) is 3.62. The fraction of sp³-hybridized carbons (Fsp3) is 0.467. The Kier molecular flexibility index (Phi) is 5.61. The summed E-state index contributed by atoms with van der Waals surface area (Å²) in [7, 11) is 0. The molecule has 116 valence electrons. The molecule has 5 nitrogen and oxygen atoms in total. The summed E-state index contributed by atoms with van der Waals surface area (Å²) >= 11 is 6.09. The summed E-state index contributed by atoms with van der Waals surface area (Å²) < 4.78 is 0. The van der Waals surface area contributed by atoms with Crippen LogP contribution in [0.2, 0.25) is 5.02 Å². The van der Waals surface area contributed by atoms with Crippen LogP contribution in [0.15, 0.2) is 23.4 Å². The van der Waals surface area contributed by atoms with Crippen LogP contribution in [0.25, 0.3) is 0 Å². The first-order chi connectivity index (χ1) is 9.65. The first-order valence-electron chi connectivity index (χ1n) is 6.72. The largest absolute Gasteiger partial charge is 0.409 e. The average Bonchev–Trinajstić information content (AvgIpc) is 2.38. The predicted octanol–water partition coefficient (Wildman–Crippen LogP) is 3.45. The van der Waals surface area contributed by atoms with Crippen molar-refractivity contribution in [2.75, 3.05) is 5.32 Å². The second kappa shape index (κ2) is 6.80. The van der Waals surface area contributed by atoms with Gasteiger partial charge in [-0.1, -0.05) is 44.5 Å². The van der Waals surface area contributed by atoms with Gasteiger partial charge < -0.3 is 16.3 Å². The summed E-state index contributed by atoms with van der Waals surface area (Å²) in [5, 5.41) is 14.7. The number of benzene rings is 1. The van der Waals surface area contributed by atoms with Gasteiger partial charge in [0.2, 0.25) is 5.91 Å². The maximum Gasteiger partial charge on any atom is 0.224 e. The van der Waals surface area contributed by atoms with Gasteiger partial charge in [0, 0.05) is 12.0 Å². The lowest BCUT2D eigenvalue weighted by Gasteiger charge is -2.26. The molecule has 0 aliphatic carbocycles. The molecule has 0 fully saturated rings. The Morgan fingerprint density at radius 1 is 1.48 bits per heavy atom. The molecule has 0 saturated heterocycles. The number of carbonyl (C=O) groups is 1. The van der Waals surface area contributed by atoms with E-state index < -0.39 is 0 Å². The second-order valence-corrected chi connectivity index (χ2v) is 6.61. The van der Waals surface area contributed by atoms with Crippen LogP contribution in [0.4, 0.5) is 5.69 Å². The van der Waals surface area contributed by atoms with E-state index >= 15 is 0 Å². The zero-order valence-corrected chi connectivity index (χ0v) is 13.5. The summed E-state index contributed by atoms with van der Waals surface area (Å²) in [5.41, 5.74) is 6.55. The highest BCUT2D eigenvalue weighted by atomic mass is 35.5. The van der Waals surface area contributed by atoms with Gasteiger partial charge in [-0.3, -0.25) is 4.79 Å². The molecule has 0 aliphatic heterocycles. The van der Waals surface area contributed by atoms with Crippen LogP contribution in [0.3, 0.4) is 0 Å². The Balaban J connectivity index is 2.78. The normalized spacial score (nSPS) is 13.9. The molecule has 21 heavy (non-hydrogen) atoms. The van der Waals surface area contributed by atoms with E-state index in [1.165, 1.54) is 0 Å². The van der Waals surface area contributed by atoms with Crippen LogP contribution < -0.4 is 11.1 Å². The summed E-state index contributed by atoms with van der Waals surface area (Å²) in [6.45, 7) is 8.35. The third kappa shape index (κ3) is 4.93. The van der Waals surface area contributed by atoms with Crippen molar-refractivity contribution in [3.8, 4) is 0 Å². The maximum atomic E-state index is 12.0. The zero-order chi connectivity index (χ0) is 16.2. The minimum atomic E-state index is -0.0872. The molecule has 0 aliphatic rings. The van der Waals surface area contributed by atoms with Crippen LogP contribution >= 0.6 is 11.6 Å². The molecule has 1 aromatic rings. The number of amidine groups is 1. The van der Waals surface area contributed by atoms with Gasteiger partial charge in [-0.05, 0) is 29.5 Å². The Morgan fingerprint density at radius 3 is 2.57 bits per heavy atom. The minimum absolute atomic E-state index is 0.0314. The minimum Gasteiger partial charge on any atom is -0.409 e. The summed E-state index contributed by atoms with van der Waals surface area (Å²) in [4.78, 5) is 12.0. The Hall–Kier alpha value is -1.75. The van der Waals surface area contributed by atoms with Crippen LogP contribution in [0, 0.1) is 11.3 Å². The van der Waals surface area contributed by atoms with Gasteiger partial charge in [0.05, 0.1) is 10.7 Å². The number of anilines is 1. The Bertz CT molecular complexity index is 550. The fourth-order valence-electron chi connectivity index (χ4n) is 1.62. The molecule has 0 bridgehead atoms. The number of nitrogens with two attached hydrogens (primary N) is 1. The number of hydrogen-bond donors (Lipinski definition) is 3. The predicted molar refractivity (Wildman–Crippen MR) is 85.8 cm³/mol. The molecule has 0 spiro atoms. The number of nitrogens with one attached hydrogen (secondary N) is 1. The molecule has 4 N–H and O–H groups in total. The quantitative estimate of drug-likeness (QED) is 0.344. The van der Waals surface area contributed by atoms with E-state index in [4.69, 9.17) is 22.5 Å². The number of halogens is 1. The van der Waals surface area contributed by atoms with Crippen LogP contribution in [-0.4, -0.2) is 17.0 Å². The van der Waals surface area contributed by atoms with E-state index in [0.29, 0.717) is 22.7 Å². The second-order valence-electron chi connectivity index (χ2n) is 6.20. The Morgan fingerprint density at radius 2 is 2.10 bits per heavy atom. The lowest BCUT2D eigenvalue weighted by molar-refractivity contribution is -0.117. The highest BCUT2D eigenvalue weighted by Gasteiger charge is 2.22. The van der Waals surface area contributed by atoms with E-state index in [0.717, 1.165) is 0 Å². The van der Waals surface area contributed by atoms with E-state index in [9.17, 15) is 4.79 Å². The first kappa shape index (κ1) is 17.3. The zero-order valence-electron chi connectivity index (χ0n) is 12.8. The number of amides is 1. The highest BCUT2D eigenvalue weighted by Crippen LogP contribution is 2.29. The lowest BCUT2D eigenvalue weighted by Crippen LogP contribution is -2.24. The van der Waals surface area contributed by atoms with Gasteiger partial charge in [0.1, 0.15) is 0 Å². The summed E-state index contributed by atoms with van der Waals surface area (Å²) in [6, 6.07) is 4.80. The standard InChI is InChI=1S/C15H22ClN3O2/c1-9(15(2,3)4)7-13(20)18-12-6-5-10(8-11(12)16)14(17)19-21/h5-6,8-9,21H,7H2,1-4H3,(H2,17,19)(H,18,20). The van der Waals surface area contributed by atoms with Crippen LogP contribution in [-0.2, 0) is 4.79 Å². The smallest absolute Gasteiger partial charge is 0.224 e. The molecular formula is C15H22ClN3O2. The maximum absolute atomic E-state index is 12.0. The number of rotatable bonds is 4. The van der Waals surface area contributed by atoms with Gasteiger partial charge in [-0.2, -0.15) is 0 Å². The molecule has 0 radical (unpaired) electrons. The fourth-order valence-corrected chi connectivity index (χ4v) is 1.85. The van der Waals surface area contributed by atoms with Gasteiger partial charge >= 0.3 is 0 Å². The van der Waals surface area contributed by atoms with Gasteiger partial charge in [-0.25, -0.2) is 0 Å². The highest BCUT2D eigenvalue weighted by molar-refractivity contribution is 6.34. The van der Waals surface area contributed by atoms with Crippen molar-refractivity contribution in [3.05, 3.63) is 28.8 Å². The third-order valence-corrected chi connectivity index (χ3v) is 3.93.